The Balaban J connectivity index is 0.000000251. The van der Waals surface area contributed by atoms with Crippen molar-refractivity contribution < 1.29 is 29.3 Å². The molecule has 0 saturated heterocycles. The van der Waals surface area contributed by atoms with Crippen molar-refractivity contribution in [3.63, 3.8) is 0 Å². The highest BCUT2D eigenvalue weighted by atomic mass is 16.5. The molecular formula is C19H20O6. The monoisotopic (exact) mass is 344 g/mol. The summed E-state index contributed by atoms with van der Waals surface area (Å²) in [7, 11) is 1.62. The van der Waals surface area contributed by atoms with Gasteiger partial charge in [-0.05, 0) is 49.2 Å². The molecule has 0 aromatic heterocycles. The number of carbonyl (C=O) groups excluding carboxylic acids is 1. The van der Waals surface area contributed by atoms with E-state index in [2.05, 4.69) is 0 Å². The SMILES string of the molecule is COc1ccc(CC(C)=O)cc1.Cc1c(C(=O)O)cccc1C(=O)O. The van der Waals surface area contributed by atoms with Crippen LogP contribution in [0.2, 0.25) is 0 Å². The van der Waals surface area contributed by atoms with Crippen molar-refractivity contribution in [2.75, 3.05) is 7.11 Å². The van der Waals surface area contributed by atoms with Crippen LogP contribution in [-0.2, 0) is 11.2 Å². The van der Waals surface area contributed by atoms with E-state index in [4.69, 9.17) is 14.9 Å². The number of methoxy groups -OCH3 is 1. The topological polar surface area (TPSA) is 101 Å². The number of carbonyl (C=O) groups is 3. The Morgan fingerprint density at radius 1 is 0.920 bits per heavy atom. The fourth-order valence-electron chi connectivity index (χ4n) is 2.13. The van der Waals surface area contributed by atoms with E-state index in [1.807, 2.05) is 24.3 Å². The number of carboxylic acids is 2. The average molecular weight is 344 g/mol. The first kappa shape index (κ1) is 19.9. The van der Waals surface area contributed by atoms with Gasteiger partial charge >= 0.3 is 11.9 Å². The molecule has 0 atom stereocenters. The number of aromatic carboxylic acids is 2. The van der Waals surface area contributed by atoms with Crippen LogP contribution in [0.4, 0.5) is 0 Å². The Labute approximate surface area is 145 Å². The van der Waals surface area contributed by atoms with Crippen molar-refractivity contribution in [3.8, 4) is 5.75 Å². The van der Waals surface area contributed by atoms with E-state index in [1.54, 1.807) is 14.0 Å². The summed E-state index contributed by atoms with van der Waals surface area (Å²) in [4.78, 5) is 31.9. The second kappa shape index (κ2) is 9.22. The zero-order valence-corrected chi connectivity index (χ0v) is 14.3. The summed E-state index contributed by atoms with van der Waals surface area (Å²) in [5, 5.41) is 17.4. The summed E-state index contributed by atoms with van der Waals surface area (Å²) in [5.41, 5.74) is 1.37. The van der Waals surface area contributed by atoms with Gasteiger partial charge in [0.15, 0.2) is 0 Å². The first-order chi connectivity index (χ1) is 11.8. The van der Waals surface area contributed by atoms with E-state index in [-0.39, 0.29) is 22.5 Å². The van der Waals surface area contributed by atoms with Crippen LogP contribution < -0.4 is 4.74 Å². The zero-order valence-electron chi connectivity index (χ0n) is 14.3. The van der Waals surface area contributed by atoms with E-state index in [0.29, 0.717) is 6.42 Å². The number of rotatable bonds is 5. The summed E-state index contributed by atoms with van der Waals surface area (Å²) in [5.74, 6) is -1.22. The lowest BCUT2D eigenvalue weighted by atomic mass is 10.0. The van der Waals surface area contributed by atoms with Crippen LogP contribution >= 0.6 is 0 Å². The van der Waals surface area contributed by atoms with Crippen molar-refractivity contribution >= 4 is 17.7 Å². The molecular weight excluding hydrogens is 324 g/mol. The average Bonchev–Trinajstić information content (AvgIpc) is 2.55. The fraction of sp³-hybridized carbons (Fsp3) is 0.211. The largest absolute Gasteiger partial charge is 0.497 e. The third kappa shape index (κ3) is 6.10. The van der Waals surface area contributed by atoms with Gasteiger partial charge in [0, 0.05) is 6.42 Å². The molecule has 0 amide bonds. The van der Waals surface area contributed by atoms with Crippen LogP contribution in [0.5, 0.6) is 5.75 Å². The molecule has 132 valence electrons. The minimum Gasteiger partial charge on any atom is -0.497 e. The number of benzene rings is 2. The lowest BCUT2D eigenvalue weighted by Gasteiger charge is -2.03. The molecule has 0 fully saturated rings. The Morgan fingerprint density at radius 2 is 1.40 bits per heavy atom. The summed E-state index contributed by atoms with van der Waals surface area (Å²) >= 11 is 0. The van der Waals surface area contributed by atoms with Gasteiger partial charge in [0.1, 0.15) is 11.5 Å². The normalized spacial score (nSPS) is 9.56. The van der Waals surface area contributed by atoms with Gasteiger partial charge in [-0.25, -0.2) is 9.59 Å². The first-order valence-corrected chi connectivity index (χ1v) is 7.44. The second-order valence-electron chi connectivity index (χ2n) is 5.32. The molecule has 2 rings (SSSR count). The molecule has 0 radical (unpaired) electrons. The molecule has 0 aliphatic carbocycles. The predicted molar refractivity (Wildman–Crippen MR) is 92.5 cm³/mol. The van der Waals surface area contributed by atoms with Crippen LogP contribution in [0.1, 0.15) is 38.8 Å². The van der Waals surface area contributed by atoms with Crippen molar-refractivity contribution in [2.45, 2.75) is 20.3 Å². The lowest BCUT2D eigenvalue weighted by molar-refractivity contribution is -0.116. The standard InChI is InChI=1S/C10H12O2.C9H8O4/c1-8(11)7-9-3-5-10(12-2)6-4-9;1-5-6(8(10)11)3-2-4-7(5)9(12)13/h3-6H,7H2,1-2H3;2-4H,1H3,(H,10,11)(H,12,13). The molecule has 0 heterocycles. The molecule has 0 aliphatic heterocycles. The Kier molecular flexibility index (Phi) is 7.34. The van der Waals surface area contributed by atoms with Gasteiger partial charge in [-0.15, -0.1) is 0 Å². The number of ether oxygens (including phenoxy) is 1. The van der Waals surface area contributed by atoms with Gasteiger partial charge in [-0.3, -0.25) is 4.79 Å². The van der Waals surface area contributed by atoms with Crippen molar-refractivity contribution in [3.05, 3.63) is 64.7 Å². The first-order valence-electron chi connectivity index (χ1n) is 7.44. The molecule has 0 unspecified atom stereocenters. The Morgan fingerprint density at radius 3 is 1.76 bits per heavy atom. The summed E-state index contributed by atoms with van der Waals surface area (Å²) < 4.78 is 4.99. The van der Waals surface area contributed by atoms with E-state index in [9.17, 15) is 14.4 Å². The van der Waals surface area contributed by atoms with Gasteiger partial charge in [-0.2, -0.15) is 0 Å². The predicted octanol–water partition coefficient (Wildman–Crippen LogP) is 3.22. The highest BCUT2D eigenvalue weighted by Crippen LogP contribution is 2.13. The minimum absolute atomic E-state index is 0.0277. The molecule has 2 N–H and O–H groups in total. The molecule has 6 nitrogen and oxygen atoms in total. The lowest BCUT2D eigenvalue weighted by Crippen LogP contribution is -2.06. The second-order valence-corrected chi connectivity index (χ2v) is 5.32. The Bertz CT molecular complexity index is 730. The fourth-order valence-corrected chi connectivity index (χ4v) is 2.13. The molecule has 2 aromatic carbocycles. The van der Waals surface area contributed by atoms with Crippen LogP contribution in [-0.4, -0.2) is 35.0 Å². The quantitative estimate of drug-likeness (QED) is 0.864. The van der Waals surface area contributed by atoms with Gasteiger partial charge in [0.25, 0.3) is 0 Å². The number of hydrogen-bond donors (Lipinski definition) is 2. The summed E-state index contributed by atoms with van der Waals surface area (Å²) in [6, 6.07) is 11.7. The van der Waals surface area contributed by atoms with Crippen LogP contribution in [0.3, 0.4) is 0 Å². The number of hydrogen-bond acceptors (Lipinski definition) is 4. The molecule has 25 heavy (non-hydrogen) atoms. The van der Waals surface area contributed by atoms with E-state index < -0.39 is 11.9 Å². The number of carboxylic acid groups (broad SMARTS) is 2. The van der Waals surface area contributed by atoms with E-state index in [1.165, 1.54) is 25.1 Å². The molecule has 6 heteroatoms. The van der Waals surface area contributed by atoms with Crippen LogP contribution in [0.15, 0.2) is 42.5 Å². The summed E-state index contributed by atoms with van der Waals surface area (Å²) in [6.45, 7) is 3.07. The highest BCUT2D eigenvalue weighted by molar-refractivity contribution is 5.96. The maximum absolute atomic E-state index is 10.7. The van der Waals surface area contributed by atoms with Crippen molar-refractivity contribution in [1.82, 2.24) is 0 Å². The highest BCUT2D eigenvalue weighted by Gasteiger charge is 2.13. The summed E-state index contributed by atoms with van der Waals surface area (Å²) in [6.07, 6.45) is 0.504. The molecule has 0 spiro atoms. The van der Waals surface area contributed by atoms with Crippen LogP contribution in [0, 0.1) is 6.92 Å². The zero-order chi connectivity index (χ0) is 19.0. The van der Waals surface area contributed by atoms with Gasteiger partial charge in [0.05, 0.1) is 18.2 Å². The van der Waals surface area contributed by atoms with E-state index >= 15 is 0 Å². The maximum atomic E-state index is 10.7. The molecule has 0 bridgehead atoms. The molecule has 0 saturated carbocycles. The third-order valence-electron chi connectivity index (χ3n) is 3.41. The molecule has 0 aliphatic rings. The third-order valence-corrected chi connectivity index (χ3v) is 3.41. The molecule has 2 aromatic rings. The van der Waals surface area contributed by atoms with Crippen LogP contribution in [0.25, 0.3) is 0 Å². The smallest absolute Gasteiger partial charge is 0.335 e. The maximum Gasteiger partial charge on any atom is 0.335 e. The number of Topliss-reactive ketones (excluding diaryl/α,β-unsaturated/α-hetero) is 1. The van der Waals surface area contributed by atoms with Crippen molar-refractivity contribution in [1.29, 1.82) is 0 Å². The van der Waals surface area contributed by atoms with Gasteiger partial charge in [0.2, 0.25) is 0 Å². The number of ketones is 1. The van der Waals surface area contributed by atoms with Gasteiger partial charge < -0.3 is 14.9 Å². The Hall–Kier alpha value is -3.15. The van der Waals surface area contributed by atoms with Crippen molar-refractivity contribution in [2.24, 2.45) is 0 Å². The van der Waals surface area contributed by atoms with Gasteiger partial charge in [-0.1, -0.05) is 18.2 Å². The minimum atomic E-state index is -1.11. The van der Waals surface area contributed by atoms with E-state index in [0.717, 1.165) is 11.3 Å².